The Morgan fingerprint density at radius 2 is 2.08 bits per heavy atom. The van der Waals surface area contributed by atoms with Gasteiger partial charge in [0.05, 0.1) is 0 Å². The highest BCUT2D eigenvalue weighted by Gasteiger charge is 2.12. The van der Waals surface area contributed by atoms with Crippen LogP contribution in [0.1, 0.15) is 24.5 Å². The molecule has 66 valence electrons. The molecule has 0 aliphatic rings. The normalized spacial score (nSPS) is 10.8. The topological polar surface area (TPSA) is 0 Å². The van der Waals surface area contributed by atoms with Crippen LogP contribution in [-0.2, 0) is 6.42 Å². The molecule has 0 aromatic heterocycles. The van der Waals surface area contributed by atoms with E-state index in [0.29, 0.717) is 6.42 Å². The van der Waals surface area contributed by atoms with E-state index in [2.05, 4.69) is 22.6 Å². The molecule has 0 aliphatic carbocycles. The van der Waals surface area contributed by atoms with Crippen LogP contribution in [-0.4, -0.2) is 0 Å². The second-order valence-corrected chi connectivity index (χ2v) is 3.62. The lowest BCUT2D eigenvalue weighted by Crippen LogP contribution is -1.95. The molecule has 12 heavy (non-hydrogen) atoms. The minimum Gasteiger partial charge on any atom is -0.205 e. The second kappa shape index (κ2) is 4.16. The maximum Gasteiger partial charge on any atom is 0.264 e. The van der Waals surface area contributed by atoms with E-state index >= 15 is 0 Å². The number of hydrogen-bond donors (Lipinski definition) is 0. The first-order chi connectivity index (χ1) is 5.66. The molecule has 1 rings (SSSR count). The van der Waals surface area contributed by atoms with Crippen LogP contribution in [0.15, 0.2) is 18.2 Å². The third-order valence-electron chi connectivity index (χ3n) is 1.74. The van der Waals surface area contributed by atoms with Crippen molar-refractivity contribution < 1.29 is 8.78 Å². The molecule has 0 atom stereocenters. The summed E-state index contributed by atoms with van der Waals surface area (Å²) < 4.78 is 25.7. The standard InChI is InChI=1S/C9H9F2I/c1-2-6-7(9(10)11)4-3-5-8(6)12/h3-5,9H,2H2,1H3. The Morgan fingerprint density at radius 3 is 2.50 bits per heavy atom. The predicted octanol–water partition coefficient (Wildman–Crippen LogP) is 3.79. The number of halogens is 3. The van der Waals surface area contributed by atoms with E-state index in [1.165, 1.54) is 6.07 Å². The molecular weight excluding hydrogens is 273 g/mol. The summed E-state index contributed by atoms with van der Waals surface area (Å²) in [6.07, 6.45) is -1.69. The van der Waals surface area contributed by atoms with Crippen LogP contribution < -0.4 is 0 Å². The minimum atomic E-state index is -2.35. The molecule has 0 radical (unpaired) electrons. The molecular formula is C9H9F2I. The first-order valence-corrected chi connectivity index (χ1v) is 4.80. The van der Waals surface area contributed by atoms with Gasteiger partial charge in [-0.3, -0.25) is 0 Å². The summed E-state index contributed by atoms with van der Waals surface area (Å²) in [4.78, 5) is 0. The van der Waals surface area contributed by atoms with Crippen molar-refractivity contribution in [1.82, 2.24) is 0 Å². The van der Waals surface area contributed by atoms with E-state index < -0.39 is 6.43 Å². The molecule has 0 spiro atoms. The Bertz CT molecular complexity index is 271. The smallest absolute Gasteiger partial charge is 0.205 e. The van der Waals surface area contributed by atoms with Gasteiger partial charge in [-0.15, -0.1) is 0 Å². The highest BCUT2D eigenvalue weighted by Crippen LogP contribution is 2.26. The fourth-order valence-electron chi connectivity index (χ4n) is 1.15. The maximum atomic E-state index is 12.4. The zero-order valence-corrected chi connectivity index (χ0v) is 8.81. The molecule has 0 unspecified atom stereocenters. The van der Waals surface area contributed by atoms with Crippen LogP contribution in [0.3, 0.4) is 0 Å². The Labute approximate surface area is 84.1 Å². The number of hydrogen-bond acceptors (Lipinski definition) is 0. The van der Waals surface area contributed by atoms with Crippen molar-refractivity contribution in [2.24, 2.45) is 0 Å². The van der Waals surface area contributed by atoms with E-state index in [1.807, 2.05) is 13.0 Å². The molecule has 0 heterocycles. The van der Waals surface area contributed by atoms with Crippen molar-refractivity contribution in [1.29, 1.82) is 0 Å². The Kier molecular flexibility index (Phi) is 3.43. The summed E-state index contributed by atoms with van der Waals surface area (Å²) in [7, 11) is 0. The lowest BCUT2D eigenvalue weighted by molar-refractivity contribution is 0.150. The summed E-state index contributed by atoms with van der Waals surface area (Å²) in [6.45, 7) is 1.89. The van der Waals surface area contributed by atoms with Crippen LogP contribution in [0.2, 0.25) is 0 Å². The number of rotatable bonds is 2. The number of benzene rings is 1. The summed E-state index contributed by atoms with van der Waals surface area (Å²) in [5, 5.41) is 0. The largest absolute Gasteiger partial charge is 0.264 e. The SMILES string of the molecule is CCc1c(I)cccc1C(F)F. The van der Waals surface area contributed by atoms with Crippen LogP contribution >= 0.6 is 22.6 Å². The monoisotopic (exact) mass is 282 g/mol. The van der Waals surface area contributed by atoms with Crippen LogP contribution in [0.4, 0.5) is 8.78 Å². The van der Waals surface area contributed by atoms with Gasteiger partial charge in [0.15, 0.2) is 0 Å². The lowest BCUT2D eigenvalue weighted by atomic mass is 10.1. The van der Waals surface area contributed by atoms with Gasteiger partial charge in [-0.05, 0) is 40.6 Å². The summed E-state index contributed by atoms with van der Waals surface area (Å²) >= 11 is 2.09. The highest BCUT2D eigenvalue weighted by molar-refractivity contribution is 14.1. The zero-order valence-electron chi connectivity index (χ0n) is 6.65. The van der Waals surface area contributed by atoms with E-state index in [-0.39, 0.29) is 5.56 Å². The van der Waals surface area contributed by atoms with Crippen molar-refractivity contribution in [3.05, 3.63) is 32.9 Å². The Morgan fingerprint density at radius 1 is 1.42 bits per heavy atom. The first kappa shape index (κ1) is 9.89. The van der Waals surface area contributed by atoms with Gasteiger partial charge in [0.2, 0.25) is 0 Å². The van der Waals surface area contributed by atoms with Gasteiger partial charge >= 0.3 is 0 Å². The molecule has 0 bridgehead atoms. The zero-order chi connectivity index (χ0) is 9.14. The molecule has 3 heteroatoms. The van der Waals surface area contributed by atoms with Gasteiger partial charge in [-0.1, -0.05) is 19.1 Å². The average molecular weight is 282 g/mol. The van der Waals surface area contributed by atoms with Crippen molar-refractivity contribution >= 4 is 22.6 Å². The first-order valence-electron chi connectivity index (χ1n) is 3.72. The van der Waals surface area contributed by atoms with Gasteiger partial charge in [-0.25, -0.2) is 8.78 Å². The highest BCUT2D eigenvalue weighted by atomic mass is 127. The van der Waals surface area contributed by atoms with Crippen molar-refractivity contribution in [2.45, 2.75) is 19.8 Å². The second-order valence-electron chi connectivity index (χ2n) is 2.46. The maximum absolute atomic E-state index is 12.4. The quantitative estimate of drug-likeness (QED) is 0.724. The molecule has 0 N–H and O–H groups in total. The van der Waals surface area contributed by atoms with Crippen molar-refractivity contribution in [3.8, 4) is 0 Å². The van der Waals surface area contributed by atoms with E-state index in [1.54, 1.807) is 6.07 Å². The molecule has 0 saturated carbocycles. The third kappa shape index (κ3) is 1.94. The van der Waals surface area contributed by atoms with Gasteiger partial charge in [-0.2, -0.15) is 0 Å². The predicted molar refractivity (Wildman–Crippen MR) is 53.5 cm³/mol. The van der Waals surface area contributed by atoms with E-state index in [0.717, 1.165) is 9.13 Å². The molecule has 0 aliphatic heterocycles. The average Bonchev–Trinajstić information content (AvgIpc) is 2.03. The van der Waals surface area contributed by atoms with Crippen molar-refractivity contribution in [3.63, 3.8) is 0 Å². The molecule has 1 aromatic rings. The van der Waals surface area contributed by atoms with Crippen LogP contribution in [0.5, 0.6) is 0 Å². The number of alkyl halides is 2. The van der Waals surface area contributed by atoms with Crippen LogP contribution in [0, 0.1) is 3.57 Å². The summed E-state index contributed by atoms with van der Waals surface area (Å²) in [6, 6.07) is 5.01. The molecule has 1 aromatic carbocycles. The molecule has 0 nitrogen and oxygen atoms in total. The van der Waals surface area contributed by atoms with Crippen molar-refractivity contribution in [2.75, 3.05) is 0 Å². The lowest BCUT2D eigenvalue weighted by Gasteiger charge is -2.07. The fraction of sp³-hybridized carbons (Fsp3) is 0.333. The van der Waals surface area contributed by atoms with Gasteiger partial charge in [0.25, 0.3) is 6.43 Å². The van der Waals surface area contributed by atoms with Crippen LogP contribution in [0.25, 0.3) is 0 Å². The molecule has 0 amide bonds. The molecule has 0 saturated heterocycles. The Hall–Kier alpha value is -0.190. The summed E-state index contributed by atoms with van der Waals surface area (Å²) in [5.74, 6) is 0. The van der Waals surface area contributed by atoms with E-state index in [4.69, 9.17) is 0 Å². The fourth-order valence-corrected chi connectivity index (χ4v) is 2.05. The van der Waals surface area contributed by atoms with Gasteiger partial charge in [0.1, 0.15) is 0 Å². The summed E-state index contributed by atoms with van der Waals surface area (Å²) in [5.41, 5.74) is 0.942. The molecule has 0 fully saturated rings. The minimum absolute atomic E-state index is 0.171. The van der Waals surface area contributed by atoms with E-state index in [9.17, 15) is 8.78 Å². The Balaban J connectivity index is 3.18. The van der Waals surface area contributed by atoms with Gasteiger partial charge < -0.3 is 0 Å². The third-order valence-corrected chi connectivity index (χ3v) is 2.75. The van der Waals surface area contributed by atoms with Gasteiger partial charge in [0, 0.05) is 9.13 Å².